The van der Waals surface area contributed by atoms with E-state index in [1.54, 1.807) is 6.07 Å². The Hall–Kier alpha value is -2.81. The fraction of sp³-hybridized carbons (Fsp3) is 0.150. The largest absolute Gasteiger partial charge is 0.459 e. The van der Waals surface area contributed by atoms with E-state index >= 15 is 0 Å². The molecule has 3 nitrogen and oxygen atoms in total. The smallest absolute Gasteiger partial charge is 0.287 e. The summed E-state index contributed by atoms with van der Waals surface area (Å²) in [7, 11) is 0. The van der Waals surface area contributed by atoms with Gasteiger partial charge in [0.25, 0.3) is 5.91 Å². The third kappa shape index (κ3) is 3.51. The maximum Gasteiger partial charge on any atom is 0.287 e. The van der Waals surface area contributed by atoms with Crippen molar-refractivity contribution in [1.29, 1.82) is 0 Å². The standard InChI is InChI=1S/C20H19NO2/c1-15-12-13-23-19(15)20(22)21-14-18(16-8-4-2-5-9-16)17-10-6-3-7-11-17/h2-13,18H,14H2,1H3,(H,21,22). The summed E-state index contributed by atoms with van der Waals surface area (Å²) in [6.45, 7) is 2.39. The predicted octanol–water partition coefficient (Wildman–Crippen LogP) is 4.15. The number of benzene rings is 2. The number of furan rings is 1. The lowest BCUT2D eigenvalue weighted by molar-refractivity contribution is 0.0924. The predicted molar refractivity (Wildman–Crippen MR) is 90.5 cm³/mol. The maximum atomic E-state index is 12.3. The minimum atomic E-state index is -0.177. The Morgan fingerprint density at radius 3 is 2.00 bits per heavy atom. The second kappa shape index (κ2) is 6.97. The van der Waals surface area contributed by atoms with Crippen molar-refractivity contribution >= 4 is 5.91 Å². The third-order valence-corrected chi connectivity index (χ3v) is 3.94. The summed E-state index contributed by atoms with van der Waals surface area (Å²) in [6, 6.07) is 22.2. The quantitative estimate of drug-likeness (QED) is 0.769. The maximum absolute atomic E-state index is 12.3. The van der Waals surface area contributed by atoms with Gasteiger partial charge in [0.2, 0.25) is 0 Å². The van der Waals surface area contributed by atoms with Crippen LogP contribution >= 0.6 is 0 Å². The van der Waals surface area contributed by atoms with Crippen molar-refractivity contribution in [3.05, 3.63) is 95.4 Å². The molecule has 0 aliphatic carbocycles. The highest BCUT2D eigenvalue weighted by atomic mass is 16.3. The summed E-state index contributed by atoms with van der Waals surface area (Å²) in [6.07, 6.45) is 1.54. The average Bonchev–Trinajstić information content (AvgIpc) is 3.03. The van der Waals surface area contributed by atoms with Gasteiger partial charge in [0.15, 0.2) is 5.76 Å². The van der Waals surface area contributed by atoms with E-state index in [9.17, 15) is 4.79 Å². The van der Waals surface area contributed by atoms with Crippen molar-refractivity contribution in [2.75, 3.05) is 6.54 Å². The summed E-state index contributed by atoms with van der Waals surface area (Å²) in [4.78, 5) is 12.3. The molecule has 0 aliphatic heterocycles. The molecule has 116 valence electrons. The Morgan fingerprint density at radius 2 is 1.52 bits per heavy atom. The molecule has 0 spiro atoms. The van der Waals surface area contributed by atoms with Crippen LogP contribution < -0.4 is 5.32 Å². The van der Waals surface area contributed by atoms with Crippen molar-refractivity contribution < 1.29 is 9.21 Å². The summed E-state index contributed by atoms with van der Waals surface area (Å²) in [5, 5.41) is 2.99. The van der Waals surface area contributed by atoms with Crippen LogP contribution in [0.5, 0.6) is 0 Å². The Balaban J connectivity index is 1.80. The Bertz CT molecular complexity index is 723. The number of nitrogens with one attached hydrogen (secondary N) is 1. The van der Waals surface area contributed by atoms with E-state index in [0.717, 1.165) is 5.56 Å². The molecule has 1 aromatic heterocycles. The molecule has 2 aromatic carbocycles. The van der Waals surface area contributed by atoms with E-state index in [4.69, 9.17) is 4.42 Å². The van der Waals surface area contributed by atoms with E-state index in [1.165, 1.54) is 17.4 Å². The van der Waals surface area contributed by atoms with E-state index in [1.807, 2.05) is 43.3 Å². The lowest BCUT2D eigenvalue weighted by atomic mass is 9.91. The summed E-state index contributed by atoms with van der Waals surface area (Å²) in [5.41, 5.74) is 3.20. The molecule has 0 bridgehead atoms. The molecule has 0 saturated carbocycles. The van der Waals surface area contributed by atoms with E-state index in [0.29, 0.717) is 12.3 Å². The monoisotopic (exact) mass is 305 g/mol. The summed E-state index contributed by atoms with van der Waals surface area (Å²) >= 11 is 0. The second-order valence-corrected chi connectivity index (χ2v) is 5.52. The van der Waals surface area contributed by atoms with Crippen molar-refractivity contribution in [3.8, 4) is 0 Å². The van der Waals surface area contributed by atoms with Crippen LogP contribution in [-0.4, -0.2) is 12.5 Å². The number of aryl methyl sites for hydroxylation is 1. The first-order valence-corrected chi connectivity index (χ1v) is 7.68. The van der Waals surface area contributed by atoms with Crippen LogP contribution in [-0.2, 0) is 0 Å². The van der Waals surface area contributed by atoms with Crippen LogP contribution in [0.15, 0.2) is 77.4 Å². The third-order valence-electron chi connectivity index (χ3n) is 3.94. The van der Waals surface area contributed by atoms with Gasteiger partial charge in [-0.3, -0.25) is 4.79 Å². The highest BCUT2D eigenvalue weighted by Crippen LogP contribution is 2.23. The minimum absolute atomic E-state index is 0.108. The molecule has 1 amide bonds. The minimum Gasteiger partial charge on any atom is -0.459 e. The molecule has 0 unspecified atom stereocenters. The van der Waals surface area contributed by atoms with Crippen LogP contribution in [0.3, 0.4) is 0 Å². The van der Waals surface area contributed by atoms with Gasteiger partial charge >= 0.3 is 0 Å². The molecule has 3 aromatic rings. The molecule has 0 aliphatic rings. The van der Waals surface area contributed by atoms with E-state index in [-0.39, 0.29) is 11.8 Å². The van der Waals surface area contributed by atoms with Crippen LogP contribution in [0.4, 0.5) is 0 Å². The van der Waals surface area contributed by atoms with Crippen LogP contribution in [0.25, 0.3) is 0 Å². The van der Waals surface area contributed by atoms with Crippen LogP contribution in [0, 0.1) is 6.92 Å². The van der Waals surface area contributed by atoms with Gasteiger partial charge in [-0.15, -0.1) is 0 Å². The Kier molecular flexibility index (Phi) is 4.57. The zero-order valence-corrected chi connectivity index (χ0v) is 13.0. The molecule has 1 N–H and O–H groups in total. The van der Waals surface area contributed by atoms with Crippen molar-refractivity contribution in [2.24, 2.45) is 0 Å². The molecule has 23 heavy (non-hydrogen) atoms. The fourth-order valence-corrected chi connectivity index (χ4v) is 2.68. The highest BCUT2D eigenvalue weighted by molar-refractivity contribution is 5.92. The Labute approximate surface area is 136 Å². The fourth-order valence-electron chi connectivity index (χ4n) is 2.68. The van der Waals surface area contributed by atoms with Gasteiger partial charge in [-0.05, 0) is 24.1 Å². The van der Waals surface area contributed by atoms with Gasteiger partial charge < -0.3 is 9.73 Å². The highest BCUT2D eigenvalue weighted by Gasteiger charge is 2.17. The zero-order chi connectivity index (χ0) is 16.1. The molecule has 0 fully saturated rings. The SMILES string of the molecule is Cc1ccoc1C(=O)NCC(c1ccccc1)c1ccccc1. The van der Waals surface area contributed by atoms with Gasteiger partial charge in [0.1, 0.15) is 0 Å². The van der Waals surface area contributed by atoms with Crippen LogP contribution in [0.1, 0.15) is 33.2 Å². The molecule has 0 saturated heterocycles. The normalized spacial score (nSPS) is 10.7. The van der Waals surface area contributed by atoms with Crippen molar-refractivity contribution in [2.45, 2.75) is 12.8 Å². The number of rotatable bonds is 5. The van der Waals surface area contributed by atoms with E-state index < -0.39 is 0 Å². The lowest BCUT2D eigenvalue weighted by Gasteiger charge is -2.18. The topological polar surface area (TPSA) is 42.2 Å². The molecular weight excluding hydrogens is 286 g/mol. The molecule has 1 heterocycles. The summed E-state index contributed by atoms with van der Waals surface area (Å²) < 4.78 is 5.26. The second-order valence-electron chi connectivity index (χ2n) is 5.52. The number of carbonyl (C=O) groups excluding carboxylic acids is 1. The van der Waals surface area contributed by atoms with Gasteiger partial charge in [0.05, 0.1) is 6.26 Å². The Morgan fingerprint density at radius 1 is 0.957 bits per heavy atom. The number of hydrogen-bond acceptors (Lipinski definition) is 2. The first-order valence-electron chi connectivity index (χ1n) is 7.68. The zero-order valence-electron chi connectivity index (χ0n) is 13.0. The lowest BCUT2D eigenvalue weighted by Crippen LogP contribution is -2.29. The number of carbonyl (C=O) groups is 1. The first-order chi connectivity index (χ1) is 11.3. The molecule has 3 rings (SSSR count). The number of hydrogen-bond donors (Lipinski definition) is 1. The molecule has 3 heteroatoms. The first kappa shape index (κ1) is 15.1. The average molecular weight is 305 g/mol. The van der Waals surface area contributed by atoms with Crippen molar-refractivity contribution in [1.82, 2.24) is 5.32 Å². The molecule has 0 radical (unpaired) electrons. The van der Waals surface area contributed by atoms with E-state index in [2.05, 4.69) is 29.6 Å². The van der Waals surface area contributed by atoms with Crippen LogP contribution in [0.2, 0.25) is 0 Å². The number of amides is 1. The van der Waals surface area contributed by atoms with Crippen molar-refractivity contribution in [3.63, 3.8) is 0 Å². The molecule has 0 atom stereocenters. The van der Waals surface area contributed by atoms with Gasteiger partial charge in [-0.25, -0.2) is 0 Å². The summed E-state index contributed by atoms with van der Waals surface area (Å²) in [5.74, 6) is 0.311. The molecular formula is C20H19NO2. The van der Waals surface area contributed by atoms with Gasteiger partial charge in [0, 0.05) is 18.0 Å². The van der Waals surface area contributed by atoms with Gasteiger partial charge in [-0.1, -0.05) is 60.7 Å². The van der Waals surface area contributed by atoms with Gasteiger partial charge in [-0.2, -0.15) is 0 Å².